The van der Waals surface area contributed by atoms with Crippen LogP contribution in [0.15, 0.2) is 12.2 Å². The Balaban J connectivity index is 2.01. The van der Waals surface area contributed by atoms with E-state index in [-0.39, 0.29) is 6.29 Å². The van der Waals surface area contributed by atoms with Crippen LogP contribution in [0.3, 0.4) is 0 Å². The second-order valence-electron chi connectivity index (χ2n) is 2.76. The second-order valence-corrected chi connectivity index (χ2v) is 3.40. The molecule has 3 heteroatoms. The molecule has 0 N–H and O–H groups in total. The van der Waals surface area contributed by atoms with Crippen LogP contribution in [0.5, 0.6) is 0 Å². The van der Waals surface area contributed by atoms with Crippen molar-refractivity contribution in [2.75, 3.05) is 18.5 Å². The van der Waals surface area contributed by atoms with Gasteiger partial charge >= 0.3 is 0 Å². The Labute approximate surface area is 82.1 Å². The molecule has 1 rings (SSSR count). The summed E-state index contributed by atoms with van der Waals surface area (Å²) in [4.78, 5) is 0. The topological polar surface area (TPSA) is 18.5 Å². The Hall–Kier alpha value is 0.140. The maximum atomic E-state index is 5.46. The maximum Gasteiger partial charge on any atom is 0.157 e. The van der Waals surface area contributed by atoms with Gasteiger partial charge in [0.2, 0.25) is 0 Å². The first-order chi connectivity index (χ1) is 5.93. The van der Waals surface area contributed by atoms with Gasteiger partial charge in [0, 0.05) is 11.9 Å². The van der Waals surface area contributed by atoms with Crippen LogP contribution < -0.4 is 0 Å². The molecule has 0 spiro atoms. The van der Waals surface area contributed by atoms with Crippen LogP contribution in [0, 0.1) is 0 Å². The van der Waals surface area contributed by atoms with Crippen LogP contribution in [0.25, 0.3) is 0 Å². The number of rotatable bonds is 4. The highest BCUT2D eigenvalue weighted by atomic mass is 79.9. The summed E-state index contributed by atoms with van der Waals surface area (Å²) >= 11 is 3.30. The normalized spacial score (nSPS) is 24.9. The Morgan fingerprint density at radius 1 is 1.42 bits per heavy atom. The minimum atomic E-state index is 0.0405. The SMILES string of the molecule is BrCC=CCOC1CCCCO1. The number of hydrogen-bond donors (Lipinski definition) is 0. The highest BCUT2D eigenvalue weighted by Gasteiger charge is 2.12. The first kappa shape index (κ1) is 10.2. The molecule has 1 aliphatic heterocycles. The van der Waals surface area contributed by atoms with Gasteiger partial charge in [-0.1, -0.05) is 28.1 Å². The van der Waals surface area contributed by atoms with Crippen molar-refractivity contribution < 1.29 is 9.47 Å². The van der Waals surface area contributed by atoms with E-state index in [0.717, 1.165) is 18.4 Å². The monoisotopic (exact) mass is 234 g/mol. The zero-order valence-electron chi connectivity index (χ0n) is 7.17. The van der Waals surface area contributed by atoms with Crippen molar-refractivity contribution in [2.45, 2.75) is 25.6 Å². The average Bonchev–Trinajstić information content (AvgIpc) is 2.14. The van der Waals surface area contributed by atoms with Crippen LogP contribution in [0.1, 0.15) is 19.3 Å². The lowest BCUT2D eigenvalue weighted by atomic mass is 10.2. The highest BCUT2D eigenvalue weighted by Crippen LogP contribution is 2.13. The van der Waals surface area contributed by atoms with Crippen LogP contribution in [-0.4, -0.2) is 24.8 Å². The molecule has 0 aromatic rings. The zero-order chi connectivity index (χ0) is 8.65. The van der Waals surface area contributed by atoms with Gasteiger partial charge in [0.05, 0.1) is 6.61 Å². The lowest BCUT2D eigenvalue weighted by Crippen LogP contribution is -2.22. The van der Waals surface area contributed by atoms with Crippen molar-refractivity contribution in [2.24, 2.45) is 0 Å². The molecular weight excluding hydrogens is 220 g/mol. The van der Waals surface area contributed by atoms with Gasteiger partial charge in [-0.25, -0.2) is 0 Å². The number of ether oxygens (including phenoxy) is 2. The van der Waals surface area contributed by atoms with Gasteiger partial charge in [-0.2, -0.15) is 0 Å². The van der Waals surface area contributed by atoms with Crippen molar-refractivity contribution in [1.29, 1.82) is 0 Å². The molecule has 0 amide bonds. The summed E-state index contributed by atoms with van der Waals surface area (Å²) in [5.41, 5.74) is 0. The van der Waals surface area contributed by atoms with E-state index in [1.165, 1.54) is 12.8 Å². The number of halogens is 1. The largest absolute Gasteiger partial charge is 0.353 e. The van der Waals surface area contributed by atoms with Gasteiger partial charge in [0.25, 0.3) is 0 Å². The smallest absolute Gasteiger partial charge is 0.157 e. The maximum absolute atomic E-state index is 5.46. The molecule has 0 radical (unpaired) electrons. The van der Waals surface area contributed by atoms with E-state index in [0.29, 0.717) is 6.61 Å². The molecule has 12 heavy (non-hydrogen) atoms. The predicted molar refractivity (Wildman–Crippen MR) is 52.5 cm³/mol. The summed E-state index contributed by atoms with van der Waals surface area (Å²) in [6, 6.07) is 0. The molecule has 2 nitrogen and oxygen atoms in total. The Morgan fingerprint density at radius 2 is 2.33 bits per heavy atom. The zero-order valence-corrected chi connectivity index (χ0v) is 8.76. The summed E-state index contributed by atoms with van der Waals surface area (Å²) in [6.07, 6.45) is 7.53. The lowest BCUT2D eigenvalue weighted by Gasteiger charge is -2.21. The first-order valence-corrected chi connectivity index (χ1v) is 5.50. The summed E-state index contributed by atoms with van der Waals surface area (Å²) < 4.78 is 10.8. The fraction of sp³-hybridized carbons (Fsp3) is 0.778. The van der Waals surface area contributed by atoms with E-state index in [1.807, 2.05) is 12.2 Å². The summed E-state index contributed by atoms with van der Waals surface area (Å²) in [5, 5.41) is 0.891. The molecular formula is C9H15BrO2. The van der Waals surface area contributed by atoms with E-state index in [1.54, 1.807) is 0 Å². The molecule has 0 saturated carbocycles. The van der Waals surface area contributed by atoms with Crippen molar-refractivity contribution >= 4 is 15.9 Å². The molecule has 1 saturated heterocycles. The Kier molecular flexibility index (Phi) is 5.65. The van der Waals surface area contributed by atoms with Crippen LogP contribution in [-0.2, 0) is 9.47 Å². The Bertz CT molecular complexity index is 130. The van der Waals surface area contributed by atoms with Gasteiger partial charge in [-0.15, -0.1) is 0 Å². The fourth-order valence-corrected chi connectivity index (χ4v) is 1.40. The molecule has 70 valence electrons. The van der Waals surface area contributed by atoms with Gasteiger partial charge in [-0.3, -0.25) is 0 Å². The molecule has 0 aromatic carbocycles. The third-order valence-corrected chi connectivity index (χ3v) is 2.15. The third kappa shape index (κ3) is 4.24. The lowest BCUT2D eigenvalue weighted by molar-refractivity contribution is -0.155. The quantitative estimate of drug-likeness (QED) is 0.550. The minimum Gasteiger partial charge on any atom is -0.353 e. The number of alkyl halides is 1. The van der Waals surface area contributed by atoms with Crippen molar-refractivity contribution in [1.82, 2.24) is 0 Å². The number of allylic oxidation sites excluding steroid dienone is 1. The van der Waals surface area contributed by atoms with Crippen LogP contribution >= 0.6 is 15.9 Å². The van der Waals surface area contributed by atoms with Gasteiger partial charge < -0.3 is 9.47 Å². The predicted octanol–water partition coefficient (Wildman–Crippen LogP) is 2.48. The third-order valence-electron chi connectivity index (χ3n) is 1.77. The molecule has 0 aliphatic carbocycles. The van der Waals surface area contributed by atoms with Gasteiger partial charge in [0.15, 0.2) is 6.29 Å². The van der Waals surface area contributed by atoms with Crippen molar-refractivity contribution in [3.8, 4) is 0 Å². The molecule has 0 bridgehead atoms. The second kappa shape index (κ2) is 6.63. The summed E-state index contributed by atoms with van der Waals surface area (Å²) in [7, 11) is 0. The fourth-order valence-electron chi connectivity index (χ4n) is 1.14. The minimum absolute atomic E-state index is 0.0405. The molecule has 1 heterocycles. The summed E-state index contributed by atoms with van der Waals surface area (Å²) in [6.45, 7) is 1.52. The highest BCUT2D eigenvalue weighted by molar-refractivity contribution is 9.09. The number of hydrogen-bond acceptors (Lipinski definition) is 2. The molecule has 1 aliphatic rings. The molecule has 1 fully saturated rings. The Morgan fingerprint density at radius 3 is 3.00 bits per heavy atom. The van der Waals surface area contributed by atoms with Crippen LogP contribution in [0.2, 0.25) is 0 Å². The standard InChI is InChI=1S/C9H15BrO2/c10-6-2-4-8-12-9-5-1-3-7-11-9/h2,4,9H,1,3,5-8H2. The van der Waals surface area contributed by atoms with E-state index in [4.69, 9.17) is 9.47 Å². The van der Waals surface area contributed by atoms with E-state index in [9.17, 15) is 0 Å². The van der Waals surface area contributed by atoms with Crippen molar-refractivity contribution in [3.63, 3.8) is 0 Å². The average molecular weight is 235 g/mol. The molecule has 1 unspecified atom stereocenters. The van der Waals surface area contributed by atoms with E-state index < -0.39 is 0 Å². The first-order valence-electron chi connectivity index (χ1n) is 4.37. The van der Waals surface area contributed by atoms with E-state index >= 15 is 0 Å². The molecule has 1 atom stereocenters. The van der Waals surface area contributed by atoms with Crippen LogP contribution in [0.4, 0.5) is 0 Å². The molecule has 0 aromatic heterocycles. The summed E-state index contributed by atoms with van der Waals surface area (Å²) in [5.74, 6) is 0. The van der Waals surface area contributed by atoms with Gasteiger partial charge in [0.1, 0.15) is 0 Å². The van der Waals surface area contributed by atoms with E-state index in [2.05, 4.69) is 15.9 Å². The van der Waals surface area contributed by atoms with Gasteiger partial charge in [-0.05, 0) is 19.3 Å². The van der Waals surface area contributed by atoms with Crippen molar-refractivity contribution in [3.05, 3.63) is 12.2 Å².